The maximum atomic E-state index is 12.3. The Balaban J connectivity index is 1.59. The standard InChI is InChI=1S/C22H20N4O4S/c1-12-7-8-16(9-13(12)2)26-19(21(29)30-25-26)18-11-31-22(24-18)23-10-15-5-4-6-17(14(3)27)20(15)28/h4-9,11H,10H2,1-3H3,(H2-,23,24,25,27,28,29). The van der Waals surface area contributed by atoms with Crippen molar-refractivity contribution in [1.29, 1.82) is 0 Å². The molecule has 0 amide bonds. The molecular formula is C22H20N4O4S. The maximum absolute atomic E-state index is 12.3. The number of hydrogen-bond donors (Lipinski definition) is 2. The monoisotopic (exact) mass is 436 g/mol. The predicted molar refractivity (Wildman–Crippen MR) is 114 cm³/mol. The van der Waals surface area contributed by atoms with E-state index in [-0.39, 0.29) is 29.3 Å². The number of benzene rings is 2. The van der Waals surface area contributed by atoms with E-state index in [9.17, 15) is 15.0 Å². The molecule has 2 aromatic heterocycles. The minimum Gasteiger partial charge on any atom is -0.539 e. The first-order valence-electron chi connectivity index (χ1n) is 9.53. The molecule has 0 saturated carbocycles. The number of para-hydroxylation sites is 1. The van der Waals surface area contributed by atoms with Crippen LogP contribution in [0.15, 0.2) is 46.3 Å². The van der Waals surface area contributed by atoms with Gasteiger partial charge in [0, 0.05) is 29.6 Å². The van der Waals surface area contributed by atoms with Crippen LogP contribution in [0.3, 0.4) is 0 Å². The Labute approximate surface area is 182 Å². The molecule has 158 valence electrons. The number of carbonyl (C=O) groups excluding carboxylic acids is 1. The molecule has 0 atom stereocenters. The van der Waals surface area contributed by atoms with Crippen LogP contribution in [-0.2, 0) is 6.54 Å². The number of hydrogen-bond acceptors (Lipinski definition) is 8. The van der Waals surface area contributed by atoms with Crippen molar-refractivity contribution in [3.8, 4) is 28.8 Å². The third kappa shape index (κ3) is 3.99. The Morgan fingerprint density at radius 2 is 2.06 bits per heavy atom. The molecule has 0 spiro atoms. The van der Waals surface area contributed by atoms with Crippen molar-refractivity contribution in [3.63, 3.8) is 0 Å². The van der Waals surface area contributed by atoms with Gasteiger partial charge < -0.3 is 20.1 Å². The second-order valence-corrected chi connectivity index (χ2v) is 8.01. The molecule has 9 heteroatoms. The molecule has 2 aromatic carbocycles. The second-order valence-electron chi connectivity index (χ2n) is 7.15. The Kier molecular flexibility index (Phi) is 5.43. The van der Waals surface area contributed by atoms with Crippen molar-refractivity contribution in [3.05, 3.63) is 64.0 Å². The van der Waals surface area contributed by atoms with E-state index < -0.39 is 5.95 Å². The first-order chi connectivity index (χ1) is 14.8. The van der Waals surface area contributed by atoms with Crippen LogP contribution in [0.5, 0.6) is 11.7 Å². The third-order valence-electron chi connectivity index (χ3n) is 5.02. The summed E-state index contributed by atoms with van der Waals surface area (Å²) in [7, 11) is 0. The zero-order valence-corrected chi connectivity index (χ0v) is 18.0. The topological polar surface area (TPSA) is 115 Å². The van der Waals surface area contributed by atoms with Crippen molar-refractivity contribution in [2.75, 3.05) is 5.32 Å². The molecule has 0 unspecified atom stereocenters. The molecule has 2 heterocycles. The average molecular weight is 436 g/mol. The molecule has 8 nitrogen and oxygen atoms in total. The first-order valence-corrected chi connectivity index (χ1v) is 10.4. The normalized spacial score (nSPS) is 10.9. The molecule has 31 heavy (non-hydrogen) atoms. The van der Waals surface area contributed by atoms with E-state index in [4.69, 9.17) is 4.52 Å². The van der Waals surface area contributed by atoms with Gasteiger partial charge in [-0.15, -0.1) is 11.3 Å². The Morgan fingerprint density at radius 3 is 2.81 bits per heavy atom. The third-order valence-corrected chi connectivity index (χ3v) is 5.82. The zero-order chi connectivity index (χ0) is 22.1. The SMILES string of the molecule is CC(=O)c1cccc(CNc2nc(-c3c([O-])on[n+]3-c3ccc(C)c(C)c3)cs2)c1O. The van der Waals surface area contributed by atoms with Gasteiger partial charge in [-0.3, -0.25) is 4.79 Å². The summed E-state index contributed by atoms with van der Waals surface area (Å²) in [6, 6.07) is 10.8. The largest absolute Gasteiger partial charge is 0.539 e. The number of rotatable bonds is 6. The predicted octanol–water partition coefficient (Wildman–Crippen LogP) is 3.29. The molecule has 4 aromatic rings. The minimum atomic E-state index is -0.582. The van der Waals surface area contributed by atoms with Crippen LogP contribution >= 0.6 is 11.3 Å². The van der Waals surface area contributed by atoms with Gasteiger partial charge >= 0.3 is 0 Å². The number of Topliss-reactive ketones (excluding diaryl/α,β-unsaturated/α-hetero) is 1. The molecule has 0 saturated heterocycles. The zero-order valence-electron chi connectivity index (χ0n) is 17.2. The van der Waals surface area contributed by atoms with Crippen LogP contribution in [0, 0.1) is 13.8 Å². The molecule has 4 rings (SSSR count). The van der Waals surface area contributed by atoms with Crippen molar-refractivity contribution in [1.82, 2.24) is 10.3 Å². The number of anilines is 1. The van der Waals surface area contributed by atoms with Crippen LogP contribution in [0.25, 0.3) is 17.1 Å². The van der Waals surface area contributed by atoms with Gasteiger partial charge in [-0.2, -0.15) is 0 Å². The fraction of sp³-hybridized carbons (Fsp3) is 0.182. The smallest absolute Gasteiger partial charge is 0.289 e. The summed E-state index contributed by atoms with van der Waals surface area (Å²) in [6.45, 7) is 5.67. The van der Waals surface area contributed by atoms with E-state index in [1.54, 1.807) is 23.6 Å². The number of aryl methyl sites for hydroxylation is 2. The summed E-state index contributed by atoms with van der Waals surface area (Å²) in [5, 5.41) is 31.9. The summed E-state index contributed by atoms with van der Waals surface area (Å²) in [6.07, 6.45) is 0. The lowest BCUT2D eigenvalue weighted by atomic mass is 10.1. The van der Waals surface area contributed by atoms with Gasteiger partial charge in [0.15, 0.2) is 22.6 Å². The van der Waals surface area contributed by atoms with Gasteiger partial charge in [0.05, 0.1) is 10.8 Å². The van der Waals surface area contributed by atoms with E-state index in [1.165, 1.54) is 22.9 Å². The van der Waals surface area contributed by atoms with Gasteiger partial charge in [0.25, 0.3) is 5.69 Å². The lowest BCUT2D eigenvalue weighted by molar-refractivity contribution is -0.660. The number of phenolic OH excluding ortho intramolecular Hbond substituents is 1. The fourth-order valence-corrected chi connectivity index (χ4v) is 3.84. The average Bonchev–Trinajstić information content (AvgIpc) is 3.35. The van der Waals surface area contributed by atoms with Crippen molar-refractivity contribution < 1.29 is 24.2 Å². The quantitative estimate of drug-likeness (QED) is 0.352. The number of nitrogens with zero attached hydrogens (tertiary/aromatic N) is 3. The van der Waals surface area contributed by atoms with Gasteiger partial charge in [-0.1, -0.05) is 18.2 Å². The van der Waals surface area contributed by atoms with Gasteiger partial charge in [0.1, 0.15) is 5.75 Å². The van der Waals surface area contributed by atoms with E-state index >= 15 is 0 Å². The Bertz CT molecular complexity index is 1280. The summed E-state index contributed by atoms with van der Waals surface area (Å²) in [5.41, 5.74) is 4.41. The van der Waals surface area contributed by atoms with Crippen LogP contribution in [0.2, 0.25) is 0 Å². The van der Waals surface area contributed by atoms with Gasteiger partial charge in [-0.25, -0.2) is 4.98 Å². The number of carbonyl (C=O) groups is 1. The molecule has 0 bridgehead atoms. The van der Waals surface area contributed by atoms with Crippen molar-refractivity contribution in [2.24, 2.45) is 0 Å². The van der Waals surface area contributed by atoms with Crippen LogP contribution < -0.4 is 15.1 Å². The van der Waals surface area contributed by atoms with E-state index in [1.807, 2.05) is 32.0 Å². The highest BCUT2D eigenvalue weighted by atomic mass is 32.1. The van der Waals surface area contributed by atoms with Crippen molar-refractivity contribution in [2.45, 2.75) is 27.3 Å². The van der Waals surface area contributed by atoms with Gasteiger partial charge in [-0.05, 0) is 42.6 Å². The van der Waals surface area contributed by atoms with Crippen LogP contribution in [0.4, 0.5) is 5.13 Å². The Morgan fingerprint density at radius 1 is 1.26 bits per heavy atom. The molecule has 0 aliphatic carbocycles. The molecule has 0 fully saturated rings. The molecule has 0 radical (unpaired) electrons. The highest BCUT2D eigenvalue weighted by Crippen LogP contribution is 2.29. The lowest BCUT2D eigenvalue weighted by Crippen LogP contribution is -2.35. The molecule has 0 aliphatic rings. The van der Waals surface area contributed by atoms with Gasteiger partial charge in [0.2, 0.25) is 5.69 Å². The van der Waals surface area contributed by atoms with E-state index in [0.29, 0.717) is 22.1 Å². The highest BCUT2D eigenvalue weighted by Gasteiger charge is 2.25. The number of aromatic nitrogens is 3. The van der Waals surface area contributed by atoms with Crippen LogP contribution in [0.1, 0.15) is 34.0 Å². The van der Waals surface area contributed by atoms with Crippen molar-refractivity contribution >= 4 is 22.3 Å². The van der Waals surface area contributed by atoms with E-state index in [2.05, 4.69) is 15.6 Å². The summed E-state index contributed by atoms with van der Waals surface area (Å²) >= 11 is 1.31. The number of nitrogens with one attached hydrogen (secondary N) is 1. The maximum Gasteiger partial charge on any atom is 0.289 e. The minimum absolute atomic E-state index is 0.0484. The number of ketones is 1. The molecule has 2 N–H and O–H groups in total. The number of phenols is 1. The number of thiazole rings is 1. The highest BCUT2D eigenvalue weighted by molar-refractivity contribution is 7.14. The van der Waals surface area contributed by atoms with Crippen LogP contribution in [-0.4, -0.2) is 21.1 Å². The number of aromatic hydroxyl groups is 1. The second kappa shape index (κ2) is 8.19. The summed E-state index contributed by atoms with van der Waals surface area (Å²) in [4.78, 5) is 16.1. The molecular weight excluding hydrogens is 416 g/mol. The summed E-state index contributed by atoms with van der Waals surface area (Å²) in [5.74, 6) is -0.836. The van der Waals surface area contributed by atoms with E-state index in [0.717, 1.165) is 11.1 Å². The first kappa shape index (κ1) is 20.5. The lowest BCUT2D eigenvalue weighted by Gasteiger charge is -2.08. The summed E-state index contributed by atoms with van der Waals surface area (Å²) < 4.78 is 6.34. The Hall–Kier alpha value is -3.72. The fourth-order valence-electron chi connectivity index (χ4n) is 3.15. The molecule has 0 aliphatic heterocycles.